The van der Waals surface area contributed by atoms with Gasteiger partial charge >= 0.3 is 12.0 Å². The average Bonchev–Trinajstić information content (AvgIpc) is 2.83. The summed E-state index contributed by atoms with van der Waals surface area (Å²) in [6.07, 6.45) is 1.26. The van der Waals surface area contributed by atoms with E-state index in [2.05, 4.69) is 5.32 Å². The fraction of sp³-hybridized carbons (Fsp3) is 0.0769. The molecule has 0 aliphatic carbocycles. The Kier molecular flexibility index (Phi) is 7.54. The van der Waals surface area contributed by atoms with E-state index >= 15 is 0 Å². The molecule has 188 valence electrons. The molecule has 2 N–H and O–H groups in total. The van der Waals surface area contributed by atoms with Crippen molar-refractivity contribution in [2.45, 2.75) is 13.5 Å². The molecule has 4 amide bonds. The monoisotopic (exact) mass is 558 g/mol. The molecule has 3 aromatic carbocycles. The van der Waals surface area contributed by atoms with E-state index in [9.17, 15) is 19.2 Å². The summed E-state index contributed by atoms with van der Waals surface area (Å²) < 4.78 is 5.71. The van der Waals surface area contributed by atoms with Crippen molar-refractivity contribution in [3.63, 3.8) is 0 Å². The number of carboxylic acids is 1. The zero-order valence-corrected chi connectivity index (χ0v) is 21.3. The predicted molar refractivity (Wildman–Crippen MR) is 139 cm³/mol. The molecule has 1 saturated heterocycles. The van der Waals surface area contributed by atoms with Crippen LogP contribution in [0.5, 0.6) is 5.75 Å². The summed E-state index contributed by atoms with van der Waals surface area (Å²) >= 11 is 18.9. The number of barbiturate groups is 1. The molecule has 0 radical (unpaired) electrons. The fourth-order valence-corrected chi connectivity index (χ4v) is 4.27. The zero-order chi connectivity index (χ0) is 26.9. The summed E-state index contributed by atoms with van der Waals surface area (Å²) in [5.41, 5.74) is 1.80. The summed E-state index contributed by atoms with van der Waals surface area (Å²) in [6, 6.07) is 12.8. The van der Waals surface area contributed by atoms with Crippen molar-refractivity contribution in [1.29, 1.82) is 0 Å². The molecule has 1 aliphatic rings. The number of aromatic carboxylic acids is 1. The molecule has 8 nitrogen and oxygen atoms in total. The van der Waals surface area contributed by atoms with Gasteiger partial charge in [0, 0.05) is 5.02 Å². The maximum absolute atomic E-state index is 13.1. The van der Waals surface area contributed by atoms with Crippen molar-refractivity contribution >= 4 is 70.4 Å². The number of imide groups is 2. The first-order chi connectivity index (χ1) is 17.5. The number of urea groups is 1. The van der Waals surface area contributed by atoms with Gasteiger partial charge in [0.1, 0.15) is 12.2 Å². The van der Waals surface area contributed by atoms with Gasteiger partial charge < -0.3 is 9.84 Å². The highest BCUT2D eigenvalue weighted by atomic mass is 35.5. The van der Waals surface area contributed by atoms with Gasteiger partial charge in [0.15, 0.2) is 5.75 Å². The lowest BCUT2D eigenvalue weighted by Crippen LogP contribution is -2.54. The maximum Gasteiger partial charge on any atom is 0.335 e. The Bertz CT molecular complexity index is 1460. The molecular formula is C26H17Cl3N2O6. The van der Waals surface area contributed by atoms with Crippen LogP contribution in [-0.4, -0.2) is 28.9 Å². The number of anilines is 1. The highest BCUT2D eigenvalue weighted by Gasteiger charge is 2.37. The van der Waals surface area contributed by atoms with Crippen LogP contribution in [0.2, 0.25) is 15.1 Å². The second-order valence-corrected chi connectivity index (χ2v) is 9.22. The number of benzene rings is 3. The number of aryl methyl sites for hydroxylation is 1. The minimum Gasteiger partial charge on any atom is -0.486 e. The van der Waals surface area contributed by atoms with E-state index < -0.39 is 23.8 Å². The second-order valence-electron chi connectivity index (χ2n) is 8.00. The Morgan fingerprint density at radius 1 is 0.973 bits per heavy atom. The van der Waals surface area contributed by atoms with Gasteiger partial charge in [-0.3, -0.25) is 14.9 Å². The van der Waals surface area contributed by atoms with Gasteiger partial charge in [-0.2, -0.15) is 0 Å². The van der Waals surface area contributed by atoms with Crippen LogP contribution in [0.4, 0.5) is 10.5 Å². The van der Waals surface area contributed by atoms with Gasteiger partial charge in [0.05, 0.1) is 21.3 Å². The van der Waals surface area contributed by atoms with E-state index in [-0.39, 0.29) is 39.2 Å². The molecule has 3 aromatic rings. The van der Waals surface area contributed by atoms with E-state index in [1.807, 2.05) is 0 Å². The number of carbonyl (C=O) groups excluding carboxylic acids is 3. The Morgan fingerprint density at radius 3 is 2.22 bits per heavy atom. The third kappa shape index (κ3) is 5.61. The van der Waals surface area contributed by atoms with Gasteiger partial charge in [-0.25, -0.2) is 14.5 Å². The molecule has 0 spiro atoms. The largest absolute Gasteiger partial charge is 0.486 e. The molecule has 1 heterocycles. The predicted octanol–water partition coefficient (Wildman–Crippen LogP) is 5.90. The van der Waals surface area contributed by atoms with E-state index in [4.69, 9.17) is 44.6 Å². The second kappa shape index (κ2) is 10.6. The van der Waals surface area contributed by atoms with Crippen molar-refractivity contribution in [2.75, 3.05) is 4.90 Å². The first kappa shape index (κ1) is 26.2. The van der Waals surface area contributed by atoms with Gasteiger partial charge in [0.25, 0.3) is 11.8 Å². The van der Waals surface area contributed by atoms with Crippen molar-refractivity contribution < 1.29 is 29.0 Å². The first-order valence-electron chi connectivity index (χ1n) is 10.7. The van der Waals surface area contributed by atoms with Crippen LogP contribution < -0.4 is 15.0 Å². The molecule has 0 saturated carbocycles. The van der Waals surface area contributed by atoms with Crippen LogP contribution in [0, 0.1) is 6.92 Å². The molecular weight excluding hydrogens is 543 g/mol. The Labute approximate surface area is 226 Å². The third-order valence-electron chi connectivity index (χ3n) is 5.43. The van der Waals surface area contributed by atoms with Crippen LogP contribution in [0.3, 0.4) is 0 Å². The van der Waals surface area contributed by atoms with Crippen LogP contribution in [0.15, 0.2) is 60.2 Å². The van der Waals surface area contributed by atoms with Gasteiger partial charge in [0.2, 0.25) is 0 Å². The summed E-state index contributed by atoms with van der Waals surface area (Å²) in [5.74, 6) is -2.59. The van der Waals surface area contributed by atoms with Crippen molar-refractivity contribution in [3.05, 3.63) is 97.5 Å². The van der Waals surface area contributed by atoms with Crippen LogP contribution >= 0.6 is 34.8 Å². The number of hydrogen-bond donors (Lipinski definition) is 2. The highest BCUT2D eigenvalue weighted by Crippen LogP contribution is 2.36. The quantitative estimate of drug-likeness (QED) is 0.287. The summed E-state index contributed by atoms with van der Waals surface area (Å²) in [6.45, 7) is 1.84. The summed E-state index contributed by atoms with van der Waals surface area (Å²) in [5, 5.41) is 11.7. The number of carboxylic acid groups (broad SMARTS) is 1. The first-order valence-corrected chi connectivity index (χ1v) is 11.8. The van der Waals surface area contributed by atoms with Crippen molar-refractivity contribution in [2.24, 2.45) is 0 Å². The molecule has 0 bridgehead atoms. The summed E-state index contributed by atoms with van der Waals surface area (Å²) in [4.78, 5) is 49.8. The number of amides is 4. The van der Waals surface area contributed by atoms with Crippen molar-refractivity contribution in [3.8, 4) is 5.75 Å². The van der Waals surface area contributed by atoms with E-state index in [0.29, 0.717) is 16.1 Å². The minimum absolute atomic E-state index is 0.0663. The number of rotatable bonds is 6. The number of hydrogen-bond acceptors (Lipinski definition) is 5. The smallest absolute Gasteiger partial charge is 0.335 e. The van der Waals surface area contributed by atoms with E-state index in [0.717, 1.165) is 10.5 Å². The van der Waals surface area contributed by atoms with Crippen LogP contribution in [0.25, 0.3) is 6.08 Å². The van der Waals surface area contributed by atoms with Gasteiger partial charge in [-0.1, -0.05) is 53.0 Å². The number of carbonyl (C=O) groups is 4. The lowest BCUT2D eigenvalue weighted by molar-refractivity contribution is -0.122. The van der Waals surface area contributed by atoms with Crippen LogP contribution in [0.1, 0.15) is 27.0 Å². The molecule has 1 aliphatic heterocycles. The third-order valence-corrected chi connectivity index (χ3v) is 6.40. The average molecular weight is 560 g/mol. The van der Waals surface area contributed by atoms with Gasteiger partial charge in [-0.15, -0.1) is 0 Å². The molecule has 0 unspecified atom stereocenters. The molecule has 0 atom stereocenters. The molecule has 37 heavy (non-hydrogen) atoms. The van der Waals surface area contributed by atoms with Gasteiger partial charge in [-0.05, 0) is 66.1 Å². The number of halogens is 3. The van der Waals surface area contributed by atoms with Crippen LogP contribution in [-0.2, 0) is 16.2 Å². The Hall–Kier alpha value is -3.85. The highest BCUT2D eigenvalue weighted by molar-refractivity contribution is 6.40. The number of nitrogens with zero attached hydrogens (tertiary/aromatic N) is 1. The lowest BCUT2D eigenvalue weighted by atomic mass is 10.1. The topological polar surface area (TPSA) is 113 Å². The normalized spacial score (nSPS) is 14.6. The van der Waals surface area contributed by atoms with E-state index in [1.165, 1.54) is 36.4 Å². The maximum atomic E-state index is 13.1. The minimum atomic E-state index is -1.04. The standard InChI is InChI=1S/C26H17Cl3N2O6/c1-13-2-7-17(11-19(13)27)31-24(33)18(23(32)30-26(31)36)8-15-9-20(28)22(21(29)10-15)37-12-14-3-5-16(6-4-14)25(34)35/h2-11H,12H2,1H3,(H,34,35)(H,30,32,36)/b18-8-. The molecule has 4 rings (SSSR count). The zero-order valence-electron chi connectivity index (χ0n) is 19.1. The number of nitrogens with one attached hydrogen (secondary N) is 1. The lowest BCUT2D eigenvalue weighted by Gasteiger charge is -2.26. The molecule has 11 heteroatoms. The Balaban J connectivity index is 1.58. The molecule has 1 fully saturated rings. The SMILES string of the molecule is Cc1ccc(N2C(=O)NC(=O)/C(=C/c3cc(Cl)c(OCc4ccc(C(=O)O)cc4)c(Cl)c3)C2=O)cc1Cl. The van der Waals surface area contributed by atoms with E-state index in [1.54, 1.807) is 31.2 Å². The Morgan fingerprint density at radius 2 is 1.62 bits per heavy atom. The fourth-order valence-electron chi connectivity index (χ4n) is 3.48. The summed E-state index contributed by atoms with van der Waals surface area (Å²) in [7, 11) is 0. The molecule has 0 aromatic heterocycles. The van der Waals surface area contributed by atoms with Crippen molar-refractivity contribution in [1.82, 2.24) is 5.32 Å². The number of ether oxygens (including phenoxy) is 1.